The number of rotatable bonds is 11. The second-order valence-corrected chi connectivity index (χ2v) is 10.9. The molecule has 2 saturated heterocycles. The second kappa shape index (κ2) is 14.6. The summed E-state index contributed by atoms with van der Waals surface area (Å²) in [6.07, 6.45) is 1.99. The fraction of sp³-hybridized carbons (Fsp3) is 0.517. The lowest BCUT2D eigenvalue weighted by atomic mass is 10.2. The minimum absolute atomic E-state index is 0.0210. The topological polar surface area (TPSA) is 181 Å². The number of nitrogens with one attached hydrogen (secondary N) is 2. The van der Waals surface area contributed by atoms with E-state index in [4.69, 9.17) is 9.47 Å². The van der Waals surface area contributed by atoms with Gasteiger partial charge in [-0.25, -0.2) is 14.6 Å². The summed E-state index contributed by atoms with van der Waals surface area (Å²) in [7, 11) is 0. The van der Waals surface area contributed by atoms with Gasteiger partial charge in [0.05, 0.1) is 24.9 Å². The van der Waals surface area contributed by atoms with Crippen molar-refractivity contribution in [3.05, 3.63) is 47.9 Å². The van der Waals surface area contributed by atoms with Crippen LogP contribution in [-0.2, 0) is 14.3 Å². The number of benzene rings is 1. The highest BCUT2D eigenvalue weighted by Crippen LogP contribution is 2.30. The number of aromatic nitrogens is 6. The first kappa shape index (κ1) is 31.4. The summed E-state index contributed by atoms with van der Waals surface area (Å²) in [4.78, 5) is 56.4. The van der Waals surface area contributed by atoms with E-state index in [9.17, 15) is 19.2 Å². The van der Waals surface area contributed by atoms with Crippen molar-refractivity contribution >= 4 is 23.8 Å². The fourth-order valence-corrected chi connectivity index (χ4v) is 5.29. The fourth-order valence-electron chi connectivity index (χ4n) is 5.29. The summed E-state index contributed by atoms with van der Waals surface area (Å²) in [6.45, 7) is 5.74. The molecule has 2 N–H and O–H groups in total. The Kier molecular flexibility index (Phi) is 10.2. The lowest BCUT2D eigenvalue weighted by Gasteiger charge is -2.34. The number of amides is 4. The van der Waals surface area contributed by atoms with E-state index in [-0.39, 0.29) is 42.1 Å². The molecular weight excluding hydrogens is 584 g/mol. The smallest absolute Gasteiger partial charge is 0.409 e. The Morgan fingerprint density at radius 3 is 2.53 bits per heavy atom. The third-order valence-electron chi connectivity index (χ3n) is 7.78. The van der Waals surface area contributed by atoms with Crippen LogP contribution in [-0.4, -0.2) is 121 Å². The molecule has 240 valence electrons. The normalized spacial score (nSPS) is 17.2. The van der Waals surface area contributed by atoms with Gasteiger partial charge in [-0.2, -0.15) is 5.10 Å². The average molecular weight is 623 g/mol. The van der Waals surface area contributed by atoms with Gasteiger partial charge >= 0.3 is 6.09 Å². The molecule has 45 heavy (non-hydrogen) atoms. The Morgan fingerprint density at radius 2 is 1.82 bits per heavy atom. The average Bonchev–Trinajstić information content (AvgIpc) is 3.85. The number of hydrogen-bond donors (Lipinski definition) is 2. The molecule has 4 heterocycles. The van der Waals surface area contributed by atoms with E-state index in [2.05, 4.69) is 31.0 Å². The Bertz CT molecular complexity index is 1460. The van der Waals surface area contributed by atoms with Crippen LogP contribution < -0.4 is 10.1 Å². The lowest BCUT2D eigenvalue weighted by Crippen LogP contribution is -2.52. The maximum Gasteiger partial charge on any atom is 0.409 e. The standard InChI is InChI=1S/C29H38N10O6/c1-3-4-17-44-29(43)37-15-13-36(14-16-37)24(40)19-30-27(41)22-18-25(39(33-22)21-9-6-5-7-10-21)45-20(2)28(42)38-12-8-11-23(38)26-31-34-35-32-26/h5-7,9-10,18,20,23H,3-4,8,11-17,19H2,1-2H3,(H,30,41)(H,31,32,34,35)/t20-,23+/m1/s1. The number of unbranched alkanes of at least 4 members (excludes halogenated alkanes) is 1. The molecule has 5 rings (SSSR count). The molecule has 4 amide bonds. The molecule has 0 spiro atoms. The van der Waals surface area contributed by atoms with Crippen molar-refractivity contribution < 1.29 is 28.7 Å². The number of likely N-dealkylation sites (tertiary alicyclic amines) is 1. The molecule has 2 fully saturated rings. The molecule has 0 aliphatic carbocycles. The molecule has 2 atom stereocenters. The van der Waals surface area contributed by atoms with Crippen molar-refractivity contribution in [3.8, 4) is 11.6 Å². The molecular formula is C29H38N10O6. The zero-order valence-corrected chi connectivity index (χ0v) is 25.4. The third kappa shape index (κ3) is 7.56. The van der Waals surface area contributed by atoms with Crippen LogP contribution in [0.3, 0.4) is 0 Å². The number of aromatic amines is 1. The van der Waals surface area contributed by atoms with E-state index in [1.54, 1.807) is 33.8 Å². The van der Waals surface area contributed by atoms with E-state index in [1.165, 1.54) is 10.7 Å². The van der Waals surface area contributed by atoms with Gasteiger partial charge in [-0.15, -0.1) is 5.10 Å². The highest BCUT2D eigenvalue weighted by molar-refractivity contribution is 5.95. The Balaban J connectivity index is 1.20. The van der Waals surface area contributed by atoms with E-state index < -0.39 is 12.0 Å². The molecule has 2 aliphatic heterocycles. The van der Waals surface area contributed by atoms with Gasteiger partial charge in [0.25, 0.3) is 11.8 Å². The van der Waals surface area contributed by atoms with Gasteiger partial charge in [0.2, 0.25) is 11.8 Å². The summed E-state index contributed by atoms with van der Waals surface area (Å²) < 4.78 is 12.8. The van der Waals surface area contributed by atoms with Gasteiger partial charge in [0.15, 0.2) is 17.6 Å². The molecule has 3 aromatic rings. The first-order valence-electron chi connectivity index (χ1n) is 15.2. The Labute approximate surface area is 260 Å². The Hall–Kier alpha value is -5.02. The monoisotopic (exact) mass is 622 g/mol. The van der Waals surface area contributed by atoms with Crippen molar-refractivity contribution in [1.82, 2.24) is 50.4 Å². The lowest BCUT2D eigenvalue weighted by molar-refractivity contribution is -0.139. The predicted octanol–water partition coefficient (Wildman–Crippen LogP) is 1.33. The number of hydrogen-bond acceptors (Lipinski definition) is 10. The van der Waals surface area contributed by atoms with Crippen LogP contribution in [0, 0.1) is 0 Å². The predicted molar refractivity (Wildman–Crippen MR) is 158 cm³/mol. The summed E-state index contributed by atoms with van der Waals surface area (Å²) >= 11 is 0. The molecule has 0 saturated carbocycles. The van der Waals surface area contributed by atoms with Crippen LogP contribution >= 0.6 is 0 Å². The van der Waals surface area contributed by atoms with Gasteiger partial charge in [0.1, 0.15) is 0 Å². The summed E-state index contributed by atoms with van der Waals surface area (Å²) in [5.41, 5.74) is 0.646. The largest absolute Gasteiger partial charge is 0.464 e. The van der Waals surface area contributed by atoms with Crippen LogP contribution in [0.25, 0.3) is 5.69 Å². The van der Waals surface area contributed by atoms with Gasteiger partial charge in [-0.1, -0.05) is 31.5 Å². The zero-order chi connectivity index (χ0) is 31.8. The number of nitrogens with zero attached hydrogens (tertiary/aromatic N) is 8. The summed E-state index contributed by atoms with van der Waals surface area (Å²) in [5.74, 6) is -0.388. The number of para-hydroxylation sites is 1. The van der Waals surface area contributed by atoms with Crippen LogP contribution in [0.2, 0.25) is 0 Å². The Morgan fingerprint density at radius 1 is 1.07 bits per heavy atom. The third-order valence-corrected chi connectivity index (χ3v) is 7.78. The van der Waals surface area contributed by atoms with Crippen LogP contribution in [0.4, 0.5) is 4.79 Å². The maximum absolute atomic E-state index is 13.4. The van der Waals surface area contributed by atoms with E-state index in [0.717, 1.165) is 25.7 Å². The molecule has 1 aromatic carbocycles. The van der Waals surface area contributed by atoms with E-state index >= 15 is 0 Å². The zero-order valence-electron chi connectivity index (χ0n) is 25.4. The highest BCUT2D eigenvalue weighted by atomic mass is 16.6. The molecule has 0 radical (unpaired) electrons. The molecule has 2 aliphatic rings. The number of piperazine rings is 1. The molecule has 0 bridgehead atoms. The summed E-state index contributed by atoms with van der Waals surface area (Å²) in [5, 5.41) is 21.0. The quantitative estimate of drug-likeness (QED) is 0.296. The van der Waals surface area contributed by atoms with Crippen molar-refractivity contribution in [2.45, 2.75) is 51.7 Å². The van der Waals surface area contributed by atoms with Crippen molar-refractivity contribution in [1.29, 1.82) is 0 Å². The van der Waals surface area contributed by atoms with Crippen LogP contribution in [0.1, 0.15) is 61.9 Å². The number of H-pyrrole nitrogens is 1. The van der Waals surface area contributed by atoms with Gasteiger partial charge in [-0.05, 0) is 48.7 Å². The number of ether oxygens (including phenoxy) is 2. The number of carbonyl (C=O) groups excluding carboxylic acids is 4. The number of carbonyl (C=O) groups is 4. The number of tetrazole rings is 1. The van der Waals surface area contributed by atoms with Gasteiger partial charge in [-0.3, -0.25) is 14.4 Å². The first-order valence-corrected chi connectivity index (χ1v) is 15.2. The van der Waals surface area contributed by atoms with E-state index in [1.807, 2.05) is 25.1 Å². The molecule has 2 aromatic heterocycles. The van der Waals surface area contributed by atoms with E-state index in [0.29, 0.717) is 50.8 Å². The highest BCUT2D eigenvalue weighted by Gasteiger charge is 2.36. The SMILES string of the molecule is CCCCOC(=O)N1CCN(C(=O)CNC(=O)c2cc(O[C@H](C)C(=O)N3CCC[C@H]3c3nnn[nH]3)n(-c3ccccc3)n2)CC1. The van der Waals surface area contributed by atoms with Gasteiger partial charge < -0.3 is 29.5 Å². The van der Waals surface area contributed by atoms with Crippen LogP contribution in [0.15, 0.2) is 36.4 Å². The van der Waals surface area contributed by atoms with Crippen molar-refractivity contribution in [2.24, 2.45) is 0 Å². The maximum atomic E-state index is 13.4. The molecule has 16 heteroatoms. The minimum atomic E-state index is -0.902. The van der Waals surface area contributed by atoms with Crippen molar-refractivity contribution in [2.75, 3.05) is 45.9 Å². The van der Waals surface area contributed by atoms with Crippen molar-refractivity contribution in [3.63, 3.8) is 0 Å². The minimum Gasteiger partial charge on any atom is -0.464 e. The second-order valence-electron chi connectivity index (χ2n) is 10.9. The first-order chi connectivity index (χ1) is 21.9. The molecule has 16 nitrogen and oxygen atoms in total. The summed E-state index contributed by atoms with van der Waals surface area (Å²) in [6, 6.07) is 10.2. The van der Waals surface area contributed by atoms with Crippen LogP contribution in [0.5, 0.6) is 5.88 Å². The van der Waals surface area contributed by atoms with Gasteiger partial charge in [0, 0.05) is 38.8 Å². The molecule has 0 unspecified atom stereocenters.